The van der Waals surface area contributed by atoms with E-state index in [1.54, 1.807) is 12.1 Å². The number of nitrogens with one attached hydrogen (secondary N) is 1. The van der Waals surface area contributed by atoms with E-state index in [1.807, 2.05) is 6.92 Å². The molecule has 1 unspecified atom stereocenters. The molecule has 0 aliphatic heterocycles. The van der Waals surface area contributed by atoms with Crippen molar-refractivity contribution in [1.82, 2.24) is 9.97 Å². The Morgan fingerprint density at radius 1 is 1.25 bits per heavy atom. The van der Waals surface area contributed by atoms with Gasteiger partial charge < -0.3 is 10.1 Å². The number of H-pyrrole nitrogens is 1. The van der Waals surface area contributed by atoms with Crippen molar-refractivity contribution in [2.45, 2.75) is 63.4 Å². The number of carbonyl (C=O) groups is 1. The largest absolute Gasteiger partial charge is 0.508 e. The molecule has 0 spiro atoms. The Balaban J connectivity index is 1.69. The number of hydrogen-bond acceptors (Lipinski definition) is 5. The molecule has 1 atom stereocenters. The van der Waals surface area contributed by atoms with Crippen LogP contribution in [-0.4, -0.2) is 26.6 Å². The molecule has 150 valence electrons. The number of phenols is 1. The molecule has 1 aromatic carbocycles. The standard InChI is InChI=1S/C22H28N2O3S/c1-14(12-16-6-4-3-5-7-16)20-15(2)21(27)24-22(23-20)28-13-19(26)17-8-10-18(25)11-9-17/h8-11,14,16,25H,3-7,12-13H2,1-2H3,(H,23,24,27). The van der Waals surface area contributed by atoms with Gasteiger partial charge in [-0.15, -0.1) is 0 Å². The Labute approximate surface area is 170 Å². The molecule has 1 fully saturated rings. The molecule has 5 nitrogen and oxygen atoms in total. The van der Waals surface area contributed by atoms with Crippen LogP contribution in [-0.2, 0) is 0 Å². The number of benzene rings is 1. The number of nitrogens with zero attached hydrogens (tertiary/aromatic N) is 1. The molecule has 1 heterocycles. The number of carbonyl (C=O) groups excluding carboxylic acids is 1. The van der Waals surface area contributed by atoms with Crippen LogP contribution in [0.2, 0.25) is 0 Å². The zero-order valence-electron chi connectivity index (χ0n) is 16.5. The predicted octanol–water partition coefficient (Wildman–Crippen LogP) is 4.83. The van der Waals surface area contributed by atoms with Gasteiger partial charge in [-0.2, -0.15) is 0 Å². The molecular formula is C22H28N2O3S. The van der Waals surface area contributed by atoms with Gasteiger partial charge in [0.1, 0.15) is 5.75 Å². The molecule has 1 aromatic heterocycles. The Hall–Kier alpha value is -2.08. The molecule has 1 aliphatic rings. The fourth-order valence-electron chi connectivity index (χ4n) is 3.98. The topological polar surface area (TPSA) is 83.0 Å². The summed E-state index contributed by atoms with van der Waals surface area (Å²) >= 11 is 1.25. The molecule has 0 saturated heterocycles. The summed E-state index contributed by atoms with van der Waals surface area (Å²) in [6.07, 6.45) is 7.56. The number of ketones is 1. The van der Waals surface area contributed by atoms with E-state index in [0.29, 0.717) is 16.3 Å². The summed E-state index contributed by atoms with van der Waals surface area (Å²) in [6, 6.07) is 6.19. The minimum absolute atomic E-state index is 0.0648. The molecule has 28 heavy (non-hydrogen) atoms. The first-order chi connectivity index (χ1) is 13.4. The molecular weight excluding hydrogens is 372 g/mol. The van der Waals surface area contributed by atoms with Crippen molar-refractivity contribution in [3.63, 3.8) is 0 Å². The first kappa shape index (κ1) is 20.6. The first-order valence-corrected chi connectivity index (χ1v) is 11.0. The maximum Gasteiger partial charge on any atom is 0.254 e. The van der Waals surface area contributed by atoms with Crippen molar-refractivity contribution in [2.24, 2.45) is 5.92 Å². The van der Waals surface area contributed by atoms with Crippen molar-refractivity contribution in [2.75, 3.05) is 5.75 Å². The molecule has 1 saturated carbocycles. The number of thioether (sulfide) groups is 1. The van der Waals surface area contributed by atoms with Crippen molar-refractivity contribution in [1.29, 1.82) is 0 Å². The SMILES string of the molecule is Cc1c(C(C)CC2CCCCC2)nc(SCC(=O)c2ccc(O)cc2)[nH]c1=O. The second-order valence-corrected chi connectivity index (χ2v) is 8.74. The highest BCUT2D eigenvalue weighted by Gasteiger charge is 2.21. The van der Waals surface area contributed by atoms with Crippen LogP contribution >= 0.6 is 11.8 Å². The zero-order valence-corrected chi connectivity index (χ0v) is 17.3. The molecule has 1 aliphatic carbocycles. The quantitative estimate of drug-likeness (QED) is 0.395. The van der Waals surface area contributed by atoms with Gasteiger partial charge in [-0.1, -0.05) is 50.8 Å². The van der Waals surface area contributed by atoms with Gasteiger partial charge in [-0.05, 0) is 49.4 Å². The van der Waals surface area contributed by atoms with E-state index in [-0.39, 0.29) is 28.8 Å². The lowest BCUT2D eigenvalue weighted by atomic mass is 9.82. The zero-order chi connectivity index (χ0) is 20.1. The number of Topliss-reactive ketones (excluding diaryl/α,β-unsaturated/α-hetero) is 1. The average Bonchev–Trinajstić information content (AvgIpc) is 2.69. The van der Waals surface area contributed by atoms with Crippen LogP contribution in [0.15, 0.2) is 34.2 Å². The van der Waals surface area contributed by atoms with E-state index in [2.05, 4.69) is 11.9 Å². The predicted molar refractivity (Wildman–Crippen MR) is 112 cm³/mol. The molecule has 0 bridgehead atoms. The molecule has 6 heteroatoms. The third kappa shape index (κ3) is 5.25. The monoisotopic (exact) mass is 400 g/mol. The van der Waals surface area contributed by atoms with Crippen molar-refractivity contribution < 1.29 is 9.90 Å². The van der Waals surface area contributed by atoms with Gasteiger partial charge in [0.05, 0.1) is 11.4 Å². The smallest absolute Gasteiger partial charge is 0.254 e. The van der Waals surface area contributed by atoms with Gasteiger partial charge in [0.25, 0.3) is 5.56 Å². The number of aromatic hydroxyl groups is 1. The van der Waals surface area contributed by atoms with Gasteiger partial charge in [-0.3, -0.25) is 9.59 Å². The van der Waals surface area contributed by atoms with Gasteiger partial charge >= 0.3 is 0 Å². The van der Waals surface area contributed by atoms with Crippen LogP contribution in [0, 0.1) is 12.8 Å². The Bertz CT molecular complexity index is 870. The number of hydrogen-bond donors (Lipinski definition) is 2. The van der Waals surface area contributed by atoms with E-state index < -0.39 is 0 Å². The number of aromatic nitrogens is 2. The maximum atomic E-state index is 12.4. The van der Waals surface area contributed by atoms with E-state index in [4.69, 9.17) is 4.98 Å². The Morgan fingerprint density at radius 2 is 1.93 bits per heavy atom. The lowest BCUT2D eigenvalue weighted by Crippen LogP contribution is -2.19. The van der Waals surface area contributed by atoms with Gasteiger partial charge in [-0.25, -0.2) is 4.98 Å². The lowest BCUT2D eigenvalue weighted by molar-refractivity contribution is 0.102. The summed E-state index contributed by atoms with van der Waals surface area (Å²) in [6.45, 7) is 3.98. The summed E-state index contributed by atoms with van der Waals surface area (Å²) in [7, 11) is 0. The fraction of sp³-hybridized carbons (Fsp3) is 0.500. The number of phenolic OH excluding ortho intramolecular Hbond substituents is 1. The van der Waals surface area contributed by atoms with Crippen LogP contribution in [0.5, 0.6) is 5.75 Å². The summed E-state index contributed by atoms with van der Waals surface area (Å²) in [5.41, 5.74) is 1.94. The highest BCUT2D eigenvalue weighted by Crippen LogP contribution is 2.33. The summed E-state index contributed by atoms with van der Waals surface area (Å²) in [4.78, 5) is 32.2. The van der Waals surface area contributed by atoms with E-state index in [0.717, 1.165) is 18.0 Å². The van der Waals surface area contributed by atoms with Gasteiger partial charge in [0.2, 0.25) is 0 Å². The molecule has 0 radical (unpaired) electrons. The van der Waals surface area contributed by atoms with Crippen LogP contribution in [0.1, 0.15) is 73.0 Å². The minimum atomic E-state index is -0.125. The number of aromatic amines is 1. The van der Waals surface area contributed by atoms with Gasteiger partial charge in [0, 0.05) is 11.1 Å². The highest BCUT2D eigenvalue weighted by atomic mass is 32.2. The third-order valence-electron chi connectivity index (χ3n) is 5.57. The third-order valence-corrected chi connectivity index (χ3v) is 6.45. The second-order valence-electron chi connectivity index (χ2n) is 7.78. The molecule has 2 N–H and O–H groups in total. The van der Waals surface area contributed by atoms with E-state index in [9.17, 15) is 14.7 Å². The van der Waals surface area contributed by atoms with Crippen molar-refractivity contribution in [3.05, 3.63) is 51.4 Å². The van der Waals surface area contributed by atoms with E-state index >= 15 is 0 Å². The Kier molecular flexibility index (Phi) is 6.94. The second kappa shape index (κ2) is 9.41. The lowest BCUT2D eigenvalue weighted by Gasteiger charge is -2.25. The van der Waals surface area contributed by atoms with E-state index in [1.165, 1.54) is 56.0 Å². The van der Waals surface area contributed by atoms with Gasteiger partial charge in [0.15, 0.2) is 10.9 Å². The normalized spacial score (nSPS) is 16.1. The Morgan fingerprint density at radius 3 is 2.61 bits per heavy atom. The average molecular weight is 401 g/mol. The maximum absolute atomic E-state index is 12.4. The van der Waals surface area contributed by atoms with Crippen LogP contribution in [0.4, 0.5) is 0 Å². The first-order valence-electron chi connectivity index (χ1n) is 10.00. The summed E-state index contributed by atoms with van der Waals surface area (Å²) in [5, 5.41) is 9.83. The van der Waals surface area contributed by atoms with Crippen LogP contribution in [0.3, 0.4) is 0 Å². The minimum Gasteiger partial charge on any atom is -0.508 e. The van der Waals surface area contributed by atoms with Crippen molar-refractivity contribution >= 4 is 17.5 Å². The molecule has 2 aromatic rings. The van der Waals surface area contributed by atoms with Crippen LogP contribution in [0.25, 0.3) is 0 Å². The molecule has 0 amide bonds. The summed E-state index contributed by atoms with van der Waals surface area (Å²) < 4.78 is 0. The highest BCUT2D eigenvalue weighted by molar-refractivity contribution is 7.99. The van der Waals surface area contributed by atoms with Crippen LogP contribution < -0.4 is 5.56 Å². The number of rotatable bonds is 7. The summed E-state index contributed by atoms with van der Waals surface area (Å²) in [5.74, 6) is 1.21. The fourth-order valence-corrected chi connectivity index (χ4v) is 4.74. The molecule has 3 rings (SSSR count). The van der Waals surface area contributed by atoms with Crippen molar-refractivity contribution in [3.8, 4) is 5.75 Å².